The van der Waals surface area contributed by atoms with Gasteiger partial charge in [-0.05, 0) is 41.8 Å². The van der Waals surface area contributed by atoms with Gasteiger partial charge < -0.3 is 14.4 Å². The lowest BCUT2D eigenvalue weighted by atomic mass is 9.94. The molecule has 1 atom stereocenters. The first-order valence-electron chi connectivity index (χ1n) is 9.68. The molecule has 1 amide bonds. The van der Waals surface area contributed by atoms with Crippen LogP contribution in [0.1, 0.15) is 27.0 Å². The highest BCUT2D eigenvalue weighted by Crippen LogP contribution is 2.41. The van der Waals surface area contributed by atoms with Crippen LogP contribution < -0.4 is 0 Å². The molecule has 0 saturated carbocycles. The molecule has 1 N–H and O–H groups in total. The van der Waals surface area contributed by atoms with Gasteiger partial charge in [-0.3, -0.25) is 9.59 Å². The molecule has 5 nitrogen and oxygen atoms in total. The molecule has 2 aromatic carbocycles. The zero-order valence-corrected chi connectivity index (χ0v) is 18.0. The normalized spacial score (nSPS) is 16.4. The Bertz CT molecular complexity index is 1390. The average Bonchev–Trinajstić information content (AvgIpc) is 3.49. The van der Waals surface area contributed by atoms with Crippen molar-refractivity contribution in [1.82, 2.24) is 4.90 Å². The number of aliphatic hydroxyl groups is 1. The Morgan fingerprint density at radius 3 is 2.72 bits per heavy atom. The van der Waals surface area contributed by atoms with Crippen molar-refractivity contribution >= 4 is 45.6 Å². The van der Waals surface area contributed by atoms with E-state index < -0.39 is 29.3 Å². The minimum absolute atomic E-state index is 0.0732. The summed E-state index contributed by atoms with van der Waals surface area (Å²) >= 11 is 7.44. The first-order chi connectivity index (χ1) is 15.4. The van der Waals surface area contributed by atoms with Gasteiger partial charge in [-0.25, -0.2) is 4.39 Å². The highest BCUT2D eigenvalue weighted by molar-refractivity contribution is 7.09. The van der Waals surface area contributed by atoms with E-state index in [1.165, 1.54) is 40.5 Å². The summed E-state index contributed by atoms with van der Waals surface area (Å²) < 4.78 is 20.5. The number of hydrogen-bond donors (Lipinski definition) is 1. The van der Waals surface area contributed by atoms with Crippen LogP contribution in [-0.2, 0) is 11.3 Å². The second-order valence-corrected chi connectivity index (χ2v) is 8.79. The third-order valence-electron chi connectivity index (χ3n) is 5.36. The third-order valence-corrected chi connectivity index (χ3v) is 6.45. The van der Waals surface area contributed by atoms with Gasteiger partial charge in [0.15, 0.2) is 11.5 Å². The fourth-order valence-corrected chi connectivity index (χ4v) is 4.78. The molecule has 0 spiro atoms. The first-order valence-corrected chi connectivity index (χ1v) is 10.9. The number of furan rings is 1. The maximum atomic E-state index is 14.8. The van der Waals surface area contributed by atoms with Crippen LogP contribution in [0.15, 0.2) is 81.8 Å². The lowest BCUT2D eigenvalue weighted by Gasteiger charge is -2.26. The smallest absolute Gasteiger partial charge is 0.290 e. The minimum atomic E-state index is -1.10. The number of amides is 1. The van der Waals surface area contributed by atoms with Crippen molar-refractivity contribution in [2.75, 3.05) is 0 Å². The number of rotatable bonds is 5. The van der Waals surface area contributed by atoms with Crippen molar-refractivity contribution in [3.63, 3.8) is 0 Å². The van der Waals surface area contributed by atoms with Crippen molar-refractivity contribution in [2.45, 2.75) is 12.6 Å². The molecule has 0 radical (unpaired) electrons. The van der Waals surface area contributed by atoms with Crippen molar-refractivity contribution in [3.05, 3.63) is 104 Å². The van der Waals surface area contributed by atoms with Gasteiger partial charge in [0.1, 0.15) is 11.4 Å². The maximum Gasteiger partial charge on any atom is 0.290 e. The molecule has 0 fully saturated rings. The van der Waals surface area contributed by atoms with Gasteiger partial charge >= 0.3 is 0 Å². The SMILES string of the molecule is O=C(C1=C(O)C(=O)N(Cc2cccs2)C1c1ccccc1F)c1cc2cc(Cl)ccc2o1. The lowest BCUT2D eigenvalue weighted by molar-refractivity contribution is -0.130. The number of carbonyl (C=O) groups excluding carboxylic acids is 2. The number of ketones is 1. The highest BCUT2D eigenvalue weighted by atomic mass is 35.5. The molecule has 0 bridgehead atoms. The van der Waals surface area contributed by atoms with Crippen LogP contribution in [0, 0.1) is 5.82 Å². The number of carbonyl (C=O) groups is 2. The molecule has 5 rings (SSSR count). The van der Waals surface area contributed by atoms with Crippen LogP contribution in [0.4, 0.5) is 4.39 Å². The number of hydrogen-bond acceptors (Lipinski definition) is 5. The van der Waals surface area contributed by atoms with Gasteiger partial charge in [-0.1, -0.05) is 35.9 Å². The van der Waals surface area contributed by atoms with Crippen molar-refractivity contribution in [2.24, 2.45) is 0 Å². The van der Waals surface area contributed by atoms with Crippen molar-refractivity contribution < 1.29 is 23.5 Å². The molecule has 0 aliphatic carbocycles. The number of aliphatic hydroxyl groups excluding tert-OH is 1. The summed E-state index contributed by atoms with van der Waals surface area (Å²) in [5, 5.41) is 13.6. The largest absolute Gasteiger partial charge is 0.503 e. The molecule has 3 heterocycles. The van der Waals surface area contributed by atoms with Crippen molar-refractivity contribution in [3.8, 4) is 0 Å². The lowest BCUT2D eigenvalue weighted by Crippen LogP contribution is -2.31. The summed E-state index contributed by atoms with van der Waals surface area (Å²) in [6.45, 7) is 0.117. The van der Waals surface area contributed by atoms with E-state index in [0.29, 0.717) is 16.0 Å². The molecule has 4 aromatic rings. The van der Waals surface area contributed by atoms with E-state index in [1.807, 2.05) is 17.5 Å². The summed E-state index contributed by atoms with van der Waals surface area (Å²) in [5.41, 5.74) is 0.325. The van der Waals surface area contributed by atoms with Crippen LogP contribution in [0.3, 0.4) is 0 Å². The van der Waals surface area contributed by atoms with E-state index in [9.17, 15) is 19.1 Å². The van der Waals surface area contributed by atoms with Gasteiger partial charge in [0, 0.05) is 20.8 Å². The second kappa shape index (κ2) is 7.93. The van der Waals surface area contributed by atoms with Gasteiger partial charge in [-0.15, -0.1) is 11.3 Å². The van der Waals surface area contributed by atoms with Crippen LogP contribution in [-0.4, -0.2) is 21.7 Å². The predicted molar refractivity (Wildman–Crippen MR) is 119 cm³/mol. The zero-order chi connectivity index (χ0) is 22.4. The molecule has 8 heteroatoms. The van der Waals surface area contributed by atoms with E-state index >= 15 is 0 Å². The second-order valence-electron chi connectivity index (χ2n) is 7.32. The van der Waals surface area contributed by atoms with E-state index in [-0.39, 0.29) is 23.4 Å². The third kappa shape index (κ3) is 3.39. The highest BCUT2D eigenvalue weighted by Gasteiger charge is 2.45. The Hall–Kier alpha value is -3.42. The Morgan fingerprint density at radius 1 is 1.16 bits per heavy atom. The standard InChI is InChI=1S/C24H15ClFNO4S/c25-14-7-8-18-13(10-14)11-19(31-18)22(28)20-21(16-5-1-2-6-17(16)26)27(24(30)23(20)29)12-15-4-3-9-32-15/h1-11,21,29H,12H2. The summed E-state index contributed by atoms with van der Waals surface area (Å²) in [7, 11) is 0. The first kappa shape index (κ1) is 20.5. The van der Waals surface area contributed by atoms with Crippen LogP contribution in [0.2, 0.25) is 5.02 Å². The Balaban J connectivity index is 1.62. The number of fused-ring (bicyclic) bond motifs is 1. The maximum absolute atomic E-state index is 14.8. The van der Waals surface area contributed by atoms with E-state index in [0.717, 1.165) is 4.88 Å². The molecule has 1 aliphatic rings. The molecular weight excluding hydrogens is 453 g/mol. The Morgan fingerprint density at radius 2 is 1.97 bits per heavy atom. The van der Waals surface area contributed by atoms with Crippen molar-refractivity contribution in [1.29, 1.82) is 0 Å². The molecule has 2 aromatic heterocycles. The zero-order valence-electron chi connectivity index (χ0n) is 16.4. The fraction of sp³-hybridized carbons (Fsp3) is 0.0833. The molecule has 0 saturated heterocycles. The average molecular weight is 468 g/mol. The van der Waals surface area contributed by atoms with Gasteiger partial charge in [0.05, 0.1) is 18.2 Å². The van der Waals surface area contributed by atoms with Crippen LogP contribution >= 0.6 is 22.9 Å². The minimum Gasteiger partial charge on any atom is -0.503 e. The predicted octanol–water partition coefficient (Wildman–Crippen LogP) is 6.07. The molecule has 1 unspecified atom stereocenters. The number of halogens is 2. The molecule has 160 valence electrons. The summed E-state index contributed by atoms with van der Waals surface area (Å²) in [4.78, 5) is 28.6. The summed E-state index contributed by atoms with van der Waals surface area (Å²) in [5.74, 6) is -2.80. The number of thiophene rings is 1. The van der Waals surface area contributed by atoms with E-state index in [2.05, 4.69) is 0 Å². The van der Waals surface area contributed by atoms with Gasteiger partial charge in [0.2, 0.25) is 5.78 Å². The van der Waals surface area contributed by atoms with Crippen LogP contribution in [0.25, 0.3) is 11.0 Å². The number of nitrogens with zero attached hydrogens (tertiary/aromatic N) is 1. The fourth-order valence-electron chi connectivity index (χ4n) is 3.90. The molecule has 32 heavy (non-hydrogen) atoms. The summed E-state index contributed by atoms with van der Waals surface area (Å²) in [6.07, 6.45) is 0. The Labute approximate surface area is 191 Å². The van der Waals surface area contributed by atoms with E-state index in [4.69, 9.17) is 16.0 Å². The topological polar surface area (TPSA) is 70.8 Å². The Kier molecular flexibility index (Phi) is 5.07. The number of Topliss-reactive ketones (excluding diaryl/α,β-unsaturated/α-hetero) is 1. The van der Waals surface area contributed by atoms with Gasteiger partial charge in [0.25, 0.3) is 5.91 Å². The summed E-state index contributed by atoms with van der Waals surface area (Å²) in [6, 6.07) is 14.8. The quantitative estimate of drug-likeness (QED) is 0.362. The molecule has 1 aliphatic heterocycles. The monoisotopic (exact) mass is 467 g/mol. The number of benzene rings is 2. The van der Waals surface area contributed by atoms with Gasteiger partial charge in [-0.2, -0.15) is 0 Å². The van der Waals surface area contributed by atoms with E-state index in [1.54, 1.807) is 24.3 Å². The van der Waals surface area contributed by atoms with Crippen LogP contribution in [0.5, 0.6) is 0 Å². The molecular formula is C24H15ClFNO4S.